The highest BCUT2D eigenvalue weighted by molar-refractivity contribution is 8.00. The van der Waals surface area contributed by atoms with E-state index in [0.29, 0.717) is 11.1 Å². The topological polar surface area (TPSA) is 137 Å². The van der Waals surface area contributed by atoms with E-state index < -0.39 is 47.0 Å². The standard InChI is InChI=1S/C32H33F2N3O7S/c1-18-21(10-7-11-23(18)38)28(40)36-22(14-19-8-5-4-6-9-19)26(39)30(42)37-17-45-31(2,3)27(37)29(41)35-16-20-12-13-24-25(15-20)44-32(33,34)43-24/h4-13,15,22,26-27,38-39H,14,16-17H2,1-3H3,(H,35,41)(H,36,40)/t22-,26-,27+/m0/s1. The molecule has 0 bridgehead atoms. The number of phenols is 1. The van der Waals surface area contributed by atoms with E-state index in [1.165, 1.54) is 53.1 Å². The number of halogens is 2. The van der Waals surface area contributed by atoms with E-state index in [1.54, 1.807) is 45.0 Å². The van der Waals surface area contributed by atoms with Crippen LogP contribution in [0.5, 0.6) is 17.2 Å². The number of phenolic OH excluding ortho intramolecular Hbond substituents is 1. The predicted octanol–water partition coefficient (Wildman–Crippen LogP) is 3.72. The Morgan fingerprint density at radius 2 is 1.73 bits per heavy atom. The Labute approximate surface area is 262 Å². The largest absolute Gasteiger partial charge is 0.586 e. The number of fused-ring (bicyclic) bond motifs is 1. The molecular formula is C32H33F2N3O7S. The number of hydrogen-bond donors (Lipinski definition) is 4. The van der Waals surface area contributed by atoms with E-state index in [-0.39, 0.29) is 41.7 Å². The van der Waals surface area contributed by atoms with Crippen LogP contribution in [-0.2, 0) is 22.6 Å². The number of amides is 3. The lowest BCUT2D eigenvalue weighted by Gasteiger charge is -2.33. The molecular weight excluding hydrogens is 608 g/mol. The molecule has 3 amide bonds. The Bertz CT molecular complexity index is 1600. The molecule has 2 heterocycles. The van der Waals surface area contributed by atoms with E-state index >= 15 is 0 Å². The van der Waals surface area contributed by atoms with Gasteiger partial charge in [0.25, 0.3) is 11.8 Å². The summed E-state index contributed by atoms with van der Waals surface area (Å²) in [5.41, 5.74) is 1.77. The van der Waals surface area contributed by atoms with Crippen molar-refractivity contribution < 1.29 is 42.9 Å². The monoisotopic (exact) mass is 641 g/mol. The van der Waals surface area contributed by atoms with Crippen molar-refractivity contribution in [2.45, 2.75) is 63.0 Å². The first-order chi connectivity index (χ1) is 21.3. The first-order valence-corrected chi connectivity index (χ1v) is 15.2. The van der Waals surface area contributed by atoms with Gasteiger partial charge in [-0.1, -0.05) is 42.5 Å². The van der Waals surface area contributed by atoms with Gasteiger partial charge >= 0.3 is 6.29 Å². The van der Waals surface area contributed by atoms with Crippen LogP contribution in [0.2, 0.25) is 0 Å². The summed E-state index contributed by atoms with van der Waals surface area (Å²) in [7, 11) is 0. The molecule has 1 fully saturated rings. The summed E-state index contributed by atoms with van der Waals surface area (Å²) < 4.78 is 35.0. The third-order valence-electron chi connectivity index (χ3n) is 7.81. The smallest absolute Gasteiger partial charge is 0.508 e. The molecule has 4 N–H and O–H groups in total. The Kier molecular flexibility index (Phi) is 8.95. The first-order valence-electron chi connectivity index (χ1n) is 14.2. The van der Waals surface area contributed by atoms with Gasteiger partial charge in [-0.05, 0) is 62.6 Å². The summed E-state index contributed by atoms with van der Waals surface area (Å²) in [5, 5.41) is 27.1. The molecule has 0 saturated carbocycles. The van der Waals surface area contributed by atoms with Crippen molar-refractivity contribution in [3.8, 4) is 17.2 Å². The number of carbonyl (C=O) groups excluding carboxylic acids is 3. The van der Waals surface area contributed by atoms with Crippen molar-refractivity contribution in [2.24, 2.45) is 0 Å². The number of carbonyl (C=O) groups is 3. The average molecular weight is 642 g/mol. The van der Waals surface area contributed by atoms with Crippen LogP contribution >= 0.6 is 11.8 Å². The molecule has 1 saturated heterocycles. The Balaban J connectivity index is 1.33. The number of aliphatic hydroxyl groups is 1. The molecule has 0 aromatic heterocycles. The number of thioether (sulfide) groups is 1. The van der Waals surface area contributed by atoms with Crippen molar-refractivity contribution in [2.75, 3.05) is 5.88 Å². The van der Waals surface area contributed by atoms with E-state index in [9.17, 15) is 33.4 Å². The Morgan fingerprint density at radius 3 is 2.47 bits per heavy atom. The van der Waals surface area contributed by atoms with Gasteiger partial charge in [0, 0.05) is 22.4 Å². The van der Waals surface area contributed by atoms with E-state index in [1.807, 2.05) is 6.07 Å². The summed E-state index contributed by atoms with van der Waals surface area (Å²) in [6.07, 6.45) is -5.37. The molecule has 3 aromatic carbocycles. The molecule has 2 aliphatic heterocycles. The quantitative estimate of drug-likeness (QED) is 0.278. The van der Waals surface area contributed by atoms with Crippen LogP contribution in [0.25, 0.3) is 0 Å². The number of nitrogens with one attached hydrogen (secondary N) is 2. The fourth-order valence-electron chi connectivity index (χ4n) is 5.37. The van der Waals surface area contributed by atoms with E-state index in [2.05, 4.69) is 20.1 Å². The number of benzene rings is 3. The molecule has 0 radical (unpaired) electrons. The Hall–Kier alpha value is -4.36. The molecule has 238 valence electrons. The Morgan fingerprint density at radius 1 is 1.02 bits per heavy atom. The summed E-state index contributed by atoms with van der Waals surface area (Å²) in [5.74, 6) is -2.07. The number of nitrogens with zero attached hydrogens (tertiary/aromatic N) is 1. The van der Waals surface area contributed by atoms with Crippen molar-refractivity contribution >= 4 is 29.5 Å². The first kappa shape index (κ1) is 32.0. The fourth-order valence-corrected chi connectivity index (χ4v) is 6.51. The predicted molar refractivity (Wildman–Crippen MR) is 162 cm³/mol. The molecule has 10 nitrogen and oxygen atoms in total. The molecule has 3 aromatic rings. The molecule has 5 rings (SSSR count). The second kappa shape index (κ2) is 12.6. The highest BCUT2D eigenvalue weighted by atomic mass is 32.2. The van der Waals surface area contributed by atoms with Crippen molar-refractivity contribution in [1.29, 1.82) is 0 Å². The van der Waals surface area contributed by atoms with Gasteiger partial charge in [0.05, 0.1) is 11.9 Å². The van der Waals surface area contributed by atoms with Crippen LogP contribution in [-0.4, -0.2) is 67.9 Å². The summed E-state index contributed by atoms with van der Waals surface area (Å²) in [6, 6.07) is 15.6. The number of ether oxygens (including phenoxy) is 2. The van der Waals surface area contributed by atoms with Gasteiger partial charge in [-0.15, -0.1) is 20.5 Å². The van der Waals surface area contributed by atoms with Gasteiger partial charge in [-0.3, -0.25) is 14.4 Å². The van der Waals surface area contributed by atoms with Crippen LogP contribution in [0, 0.1) is 6.92 Å². The summed E-state index contributed by atoms with van der Waals surface area (Å²) >= 11 is 1.36. The molecule has 0 aliphatic carbocycles. The number of alkyl halides is 2. The zero-order valence-electron chi connectivity index (χ0n) is 24.8. The van der Waals surface area contributed by atoms with Crippen molar-refractivity contribution in [3.05, 3.63) is 89.0 Å². The van der Waals surface area contributed by atoms with Crippen LogP contribution in [0.1, 0.15) is 40.9 Å². The van der Waals surface area contributed by atoms with Gasteiger partial charge < -0.3 is 35.2 Å². The third kappa shape index (κ3) is 6.99. The number of hydrogen-bond acceptors (Lipinski definition) is 8. The lowest BCUT2D eigenvalue weighted by Crippen LogP contribution is -2.58. The molecule has 0 unspecified atom stereocenters. The van der Waals surface area contributed by atoms with Gasteiger partial charge in [0.15, 0.2) is 17.6 Å². The van der Waals surface area contributed by atoms with Crippen LogP contribution in [0.15, 0.2) is 66.7 Å². The average Bonchev–Trinajstić information content (AvgIpc) is 3.49. The van der Waals surface area contributed by atoms with Crippen molar-refractivity contribution in [1.82, 2.24) is 15.5 Å². The SMILES string of the molecule is Cc1c(O)cccc1C(=O)N[C@@H](Cc1ccccc1)[C@H](O)C(=O)N1CSC(C)(C)[C@H]1C(=O)NCc1ccc2c(c1)OC(F)(F)O2. The van der Waals surface area contributed by atoms with E-state index in [0.717, 1.165) is 5.56 Å². The number of aliphatic hydroxyl groups excluding tert-OH is 1. The minimum Gasteiger partial charge on any atom is -0.508 e. The maximum atomic E-state index is 13.9. The minimum atomic E-state index is -3.77. The number of rotatable bonds is 9. The normalized spacial score (nSPS) is 19.1. The molecule has 2 aliphatic rings. The van der Waals surface area contributed by atoms with Gasteiger partial charge in [0.2, 0.25) is 5.91 Å². The fraction of sp³-hybridized carbons (Fsp3) is 0.344. The van der Waals surface area contributed by atoms with Crippen molar-refractivity contribution in [3.63, 3.8) is 0 Å². The summed E-state index contributed by atoms with van der Waals surface area (Å²) in [4.78, 5) is 42.0. The zero-order chi connectivity index (χ0) is 32.5. The molecule has 0 spiro atoms. The second-order valence-electron chi connectivity index (χ2n) is 11.4. The molecule has 13 heteroatoms. The third-order valence-corrected chi connectivity index (χ3v) is 9.18. The zero-order valence-corrected chi connectivity index (χ0v) is 25.6. The van der Waals surface area contributed by atoms with Gasteiger partial charge in [0.1, 0.15) is 11.8 Å². The van der Waals surface area contributed by atoms with Crippen LogP contribution in [0.4, 0.5) is 8.78 Å². The lowest BCUT2D eigenvalue weighted by atomic mass is 9.96. The molecule has 3 atom stereocenters. The lowest BCUT2D eigenvalue weighted by molar-refractivity contribution is -0.286. The highest BCUT2D eigenvalue weighted by Gasteiger charge is 2.50. The minimum absolute atomic E-state index is 0.0428. The maximum absolute atomic E-state index is 13.9. The van der Waals surface area contributed by atoms with Gasteiger partial charge in [-0.25, -0.2) is 0 Å². The molecule has 45 heavy (non-hydrogen) atoms. The van der Waals surface area contributed by atoms with Crippen LogP contribution in [0.3, 0.4) is 0 Å². The van der Waals surface area contributed by atoms with E-state index in [4.69, 9.17) is 0 Å². The summed E-state index contributed by atoms with van der Waals surface area (Å²) in [6.45, 7) is 5.15. The maximum Gasteiger partial charge on any atom is 0.586 e. The van der Waals surface area contributed by atoms with Crippen LogP contribution < -0.4 is 20.1 Å². The number of aromatic hydroxyl groups is 1. The van der Waals surface area contributed by atoms with Gasteiger partial charge in [-0.2, -0.15) is 0 Å². The highest BCUT2D eigenvalue weighted by Crippen LogP contribution is 2.42. The second-order valence-corrected chi connectivity index (χ2v) is 13.0.